The number of carbonyl (C=O) groups excluding carboxylic acids is 2. The molecule has 1 unspecified atom stereocenters. The summed E-state index contributed by atoms with van der Waals surface area (Å²) in [5, 5.41) is 14.0. The predicted octanol–water partition coefficient (Wildman–Crippen LogP) is 3.67. The lowest BCUT2D eigenvalue weighted by Crippen LogP contribution is -2.50. The van der Waals surface area contributed by atoms with Crippen molar-refractivity contribution in [2.75, 3.05) is 6.61 Å². The van der Waals surface area contributed by atoms with Crippen LogP contribution in [0.15, 0.2) is 48.5 Å². The maximum absolute atomic E-state index is 12.5. The van der Waals surface area contributed by atoms with Crippen molar-refractivity contribution in [3.63, 3.8) is 0 Å². The zero-order valence-corrected chi connectivity index (χ0v) is 17.8. The fourth-order valence-electron chi connectivity index (χ4n) is 3.84. The first kappa shape index (κ1) is 22.3. The van der Waals surface area contributed by atoms with E-state index in [1.165, 1.54) is 6.92 Å². The maximum atomic E-state index is 12.5. The van der Waals surface area contributed by atoms with Gasteiger partial charge in [0.25, 0.3) is 0 Å². The lowest BCUT2D eigenvalue weighted by molar-refractivity contribution is -0.141. The zero-order valence-electron chi connectivity index (χ0n) is 17.8. The number of carbonyl (C=O) groups is 3. The first-order chi connectivity index (χ1) is 14.9. The predicted molar refractivity (Wildman–Crippen MR) is 117 cm³/mol. The monoisotopic (exact) mass is 424 g/mol. The Morgan fingerprint density at radius 1 is 1.00 bits per heavy atom. The molecule has 0 bridgehead atoms. The van der Waals surface area contributed by atoms with E-state index in [0.29, 0.717) is 12.8 Å². The molecule has 1 aliphatic carbocycles. The number of carboxylic acid groups (broad SMARTS) is 1. The fourth-order valence-corrected chi connectivity index (χ4v) is 3.84. The van der Waals surface area contributed by atoms with Crippen molar-refractivity contribution in [3.8, 4) is 11.1 Å². The van der Waals surface area contributed by atoms with Gasteiger partial charge in [-0.05, 0) is 35.6 Å². The lowest BCUT2D eigenvalue weighted by Gasteiger charge is -2.20. The van der Waals surface area contributed by atoms with E-state index in [1.54, 1.807) is 0 Å². The molecule has 0 aliphatic heterocycles. The number of amides is 2. The molecule has 0 fully saturated rings. The molecule has 0 saturated heterocycles. The van der Waals surface area contributed by atoms with E-state index in [1.807, 2.05) is 43.3 Å². The van der Waals surface area contributed by atoms with Crippen LogP contribution in [0.1, 0.15) is 50.2 Å². The third kappa shape index (κ3) is 5.23. The Balaban J connectivity index is 1.65. The molecular formula is C24H28N2O5. The van der Waals surface area contributed by atoms with Crippen LogP contribution >= 0.6 is 0 Å². The molecule has 3 N–H and O–H groups in total. The summed E-state index contributed by atoms with van der Waals surface area (Å²) < 4.78 is 5.51. The molecule has 0 spiro atoms. The summed E-state index contributed by atoms with van der Waals surface area (Å²) in [7, 11) is 0. The molecule has 2 aromatic rings. The molecule has 3 rings (SSSR count). The van der Waals surface area contributed by atoms with Gasteiger partial charge in [0.1, 0.15) is 18.7 Å². The number of carboxylic acids is 1. The van der Waals surface area contributed by atoms with Gasteiger partial charge in [-0.15, -0.1) is 0 Å². The Hall–Kier alpha value is -3.35. The number of aliphatic carboxylic acids is 1. The van der Waals surface area contributed by atoms with Gasteiger partial charge in [-0.2, -0.15) is 0 Å². The number of ether oxygens (including phenoxy) is 1. The fraction of sp³-hybridized carbons (Fsp3) is 0.375. The van der Waals surface area contributed by atoms with Crippen molar-refractivity contribution >= 4 is 18.0 Å². The van der Waals surface area contributed by atoms with Crippen molar-refractivity contribution in [2.45, 2.75) is 51.1 Å². The molecule has 1 aliphatic rings. The second-order valence-corrected chi connectivity index (χ2v) is 7.73. The maximum Gasteiger partial charge on any atom is 0.407 e. The zero-order chi connectivity index (χ0) is 22.4. The van der Waals surface area contributed by atoms with Crippen molar-refractivity contribution in [3.05, 3.63) is 59.7 Å². The van der Waals surface area contributed by atoms with Crippen molar-refractivity contribution in [1.82, 2.24) is 10.6 Å². The van der Waals surface area contributed by atoms with Crippen LogP contribution in [0.5, 0.6) is 0 Å². The molecule has 2 atom stereocenters. The summed E-state index contributed by atoms with van der Waals surface area (Å²) in [5.74, 6) is -1.74. The average Bonchev–Trinajstić information content (AvgIpc) is 3.08. The number of unbranched alkanes of at least 4 members (excludes halogenated alkanes) is 1. The molecule has 0 heterocycles. The second-order valence-electron chi connectivity index (χ2n) is 7.73. The molecule has 7 heteroatoms. The van der Waals surface area contributed by atoms with Gasteiger partial charge in [0.2, 0.25) is 5.91 Å². The highest BCUT2D eigenvalue weighted by Crippen LogP contribution is 2.44. The summed E-state index contributed by atoms with van der Waals surface area (Å²) in [5.41, 5.74) is 4.48. The third-order valence-corrected chi connectivity index (χ3v) is 5.53. The van der Waals surface area contributed by atoms with Crippen LogP contribution in [0, 0.1) is 0 Å². The number of fused-ring (bicyclic) bond motifs is 3. The third-order valence-electron chi connectivity index (χ3n) is 5.53. The van der Waals surface area contributed by atoms with E-state index in [-0.39, 0.29) is 12.5 Å². The summed E-state index contributed by atoms with van der Waals surface area (Å²) >= 11 is 0. The van der Waals surface area contributed by atoms with Crippen LogP contribution in [-0.4, -0.2) is 41.8 Å². The molecule has 2 amide bonds. The Bertz CT molecular complexity index is 913. The van der Waals surface area contributed by atoms with Crippen LogP contribution in [0.3, 0.4) is 0 Å². The summed E-state index contributed by atoms with van der Waals surface area (Å²) in [4.78, 5) is 36.0. The molecule has 164 valence electrons. The highest BCUT2D eigenvalue weighted by Gasteiger charge is 2.30. The van der Waals surface area contributed by atoms with E-state index < -0.39 is 30.1 Å². The van der Waals surface area contributed by atoms with Gasteiger partial charge in [-0.3, -0.25) is 9.59 Å². The molecule has 0 radical (unpaired) electrons. The van der Waals surface area contributed by atoms with Crippen molar-refractivity contribution in [1.29, 1.82) is 0 Å². The highest BCUT2D eigenvalue weighted by molar-refractivity contribution is 5.89. The Labute approximate surface area is 181 Å². The molecular weight excluding hydrogens is 396 g/mol. The Morgan fingerprint density at radius 2 is 1.58 bits per heavy atom. The minimum absolute atomic E-state index is 0.0758. The number of benzene rings is 2. The van der Waals surface area contributed by atoms with Crippen LogP contribution in [0.25, 0.3) is 11.1 Å². The highest BCUT2D eigenvalue weighted by atomic mass is 16.5. The van der Waals surface area contributed by atoms with E-state index in [0.717, 1.165) is 28.7 Å². The summed E-state index contributed by atoms with van der Waals surface area (Å²) in [6.45, 7) is 3.50. The minimum Gasteiger partial charge on any atom is -0.480 e. The molecule has 7 nitrogen and oxygen atoms in total. The molecule has 31 heavy (non-hydrogen) atoms. The first-order valence-electron chi connectivity index (χ1n) is 10.6. The number of hydrogen-bond acceptors (Lipinski definition) is 4. The van der Waals surface area contributed by atoms with Gasteiger partial charge in [0.05, 0.1) is 0 Å². The van der Waals surface area contributed by atoms with Gasteiger partial charge >= 0.3 is 12.1 Å². The Morgan fingerprint density at radius 3 is 2.13 bits per heavy atom. The number of alkyl carbamates (subject to hydrolysis) is 1. The largest absolute Gasteiger partial charge is 0.480 e. The summed E-state index contributed by atoms with van der Waals surface area (Å²) in [6.07, 6.45) is 1.26. The van der Waals surface area contributed by atoms with Crippen LogP contribution < -0.4 is 10.6 Å². The van der Waals surface area contributed by atoms with Crippen molar-refractivity contribution < 1.29 is 24.2 Å². The van der Waals surface area contributed by atoms with E-state index in [2.05, 4.69) is 22.8 Å². The number of nitrogens with one attached hydrogen (secondary N) is 2. The van der Waals surface area contributed by atoms with Gasteiger partial charge in [-0.25, -0.2) is 4.79 Å². The van der Waals surface area contributed by atoms with Crippen LogP contribution in [0.4, 0.5) is 4.79 Å². The van der Waals surface area contributed by atoms with Crippen LogP contribution in [0.2, 0.25) is 0 Å². The minimum atomic E-state index is -1.14. The number of hydrogen-bond donors (Lipinski definition) is 3. The molecule has 2 aromatic carbocycles. The lowest BCUT2D eigenvalue weighted by atomic mass is 9.98. The van der Waals surface area contributed by atoms with E-state index in [4.69, 9.17) is 9.84 Å². The smallest absolute Gasteiger partial charge is 0.407 e. The standard InChI is InChI=1S/C24H28N2O5/c1-3-4-13-21(22(27)25-15(2)23(28)29)26-24(30)31-14-20-18-11-7-5-9-16(18)17-10-6-8-12-19(17)20/h5-12,15,20-21H,3-4,13-14H2,1-2H3,(H,25,27)(H,26,30)(H,28,29)/t15-,21?/m1/s1. The van der Waals surface area contributed by atoms with Crippen molar-refractivity contribution in [2.24, 2.45) is 0 Å². The summed E-state index contributed by atoms with van der Waals surface area (Å²) in [6, 6.07) is 14.2. The molecule has 0 aromatic heterocycles. The quantitative estimate of drug-likeness (QED) is 0.570. The first-order valence-corrected chi connectivity index (χ1v) is 10.6. The van der Waals surface area contributed by atoms with Gasteiger partial charge in [0.15, 0.2) is 0 Å². The normalized spacial score (nSPS) is 14.1. The second kappa shape index (κ2) is 10.1. The topological polar surface area (TPSA) is 105 Å². The average molecular weight is 424 g/mol. The Kier molecular flexibility index (Phi) is 7.28. The SMILES string of the molecule is CCCCC(NC(=O)OCC1c2ccccc2-c2ccccc21)C(=O)N[C@H](C)C(=O)O. The number of rotatable bonds is 9. The van der Waals surface area contributed by atoms with Gasteiger partial charge in [0, 0.05) is 5.92 Å². The van der Waals surface area contributed by atoms with E-state index >= 15 is 0 Å². The van der Waals surface area contributed by atoms with E-state index in [9.17, 15) is 14.4 Å². The van der Waals surface area contributed by atoms with Gasteiger partial charge < -0.3 is 20.5 Å². The van der Waals surface area contributed by atoms with Crippen LogP contribution in [-0.2, 0) is 14.3 Å². The molecule has 0 saturated carbocycles. The van der Waals surface area contributed by atoms with Gasteiger partial charge in [-0.1, -0.05) is 68.3 Å².